The number of hydrogen-bond acceptors (Lipinski definition) is 6. The van der Waals surface area contributed by atoms with Gasteiger partial charge >= 0.3 is 0 Å². The van der Waals surface area contributed by atoms with E-state index in [9.17, 15) is 30.0 Å². The molecule has 0 radical (unpaired) electrons. The van der Waals surface area contributed by atoms with E-state index in [0.29, 0.717) is 11.4 Å². The Bertz CT molecular complexity index is 1170. The van der Waals surface area contributed by atoms with Crippen LogP contribution in [0.2, 0.25) is 0 Å². The number of phenols is 2. The number of benzene rings is 1. The van der Waals surface area contributed by atoms with Gasteiger partial charge in [0.05, 0.1) is 17.0 Å². The Morgan fingerprint density at radius 2 is 1.14 bits per heavy atom. The van der Waals surface area contributed by atoms with Crippen LogP contribution in [0.15, 0.2) is 39.9 Å². The van der Waals surface area contributed by atoms with Crippen LogP contribution in [0.3, 0.4) is 0 Å². The fourth-order valence-corrected chi connectivity index (χ4v) is 3.39. The van der Waals surface area contributed by atoms with Crippen molar-refractivity contribution in [2.45, 2.75) is 19.8 Å². The highest BCUT2D eigenvalue weighted by Gasteiger charge is 2.30. The van der Waals surface area contributed by atoms with E-state index < -0.39 is 22.8 Å². The van der Waals surface area contributed by atoms with Crippen molar-refractivity contribution in [3.05, 3.63) is 79.1 Å². The standard InChI is InChI=1S/C21H22N2O6/c1-10-7-15(26)18(20(28)22(10)3)17(12-5-6-13(24)14(25)9-12)19-16(27)8-11(2)23(4)21(19)29/h5-9,17,24-27H,1-4H3. The number of rotatable bonds is 3. The van der Waals surface area contributed by atoms with Crippen LogP contribution in [-0.4, -0.2) is 29.6 Å². The fourth-order valence-electron chi connectivity index (χ4n) is 3.39. The molecule has 0 aliphatic rings. The summed E-state index contributed by atoms with van der Waals surface area (Å²) >= 11 is 0. The highest BCUT2D eigenvalue weighted by Crippen LogP contribution is 2.39. The highest BCUT2D eigenvalue weighted by atomic mass is 16.3. The Balaban J connectivity index is 2.48. The minimum absolute atomic E-state index is 0.126. The molecule has 0 unspecified atom stereocenters. The lowest BCUT2D eigenvalue weighted by atomic mass is 9.84. The van der Waals surface area contributed by atoms with E-state index in [0.717, 1.165) is 0 Å². The molecule has 0 aliphatic carbocycles. The third-order valence-electron chi connectivity index (χ3n) is 5.28. The quantitative estimate of drug-likeness (QED) is 0.498. The topological polar surface area (TPSA) is 125 Å². The van der Waals surface area contributed by atoms with Crippen LogP contribution in [0.4, 0.5) is 0 Å². The second-order valence-electron chi connectivity index (χ2n) is 7.08. The van der Waals surface area contributed by atoms with Crippen molar-refractivity contribution >= 4 is 0 Å². The minimum Gasteiger partial charge on any atom is -0.507 e. The van der Waals surface area contributed by atoms with Crippen molar-refractivity contribution in [1.82, 2.24) is 9.13 Å². The smallest absolute Gasteiger partial charge is 0.258 e. The summed E-state index contributed by atoms with van der Waals surface area (Å²) in [6.45, 7) is 3.29. The fraction of sp³-hybridized carbons (Fsp3) is 0.238. The van der Waals surface area contributed by atoms with E-state index in [2.05, 4.69) is 0 Å². The van der Waals surface area contributed by atoms with E-state index in [-0.39, 0.29) is 33.9 Å². The normalized spacial score (nSPS) is 11.2. The lowest BCUT2D eigenvalue weighted by Gasteiger charge is -2.22. The Morgan fingerprint density at radius 1 is 0.690 bits per heavy atom. The van der Waals surface area contributed by atoms with Gasteiger partial charge in [0.25, 0.3) is 11.1 Å². The summed E-state index contributed by atoms with van der Waals surface area (Å²) in [5, 5.41) is 40.8. The van der Waals surface area contributed by atoms with Gasteiger partial charge in [0.15, 0.2) is 11.5 Å². The number of aromatic hydroxyl groups is 4. The number of hydrogen-bond donors (Lipinski definition) is 4. The molecular weight excluding hydrogens is 376 g/mol. The maximum Gasteiger partial charge on any atom is 0.258 e. The van der Waals surface area contributed by atoms with Crippen LogP contribution in [0.5, 0.6) is 23.0 Å². The molecule has 29 heavy (non-hydrogen) atoms. The van der Waals surface area contributed by atoms with Crippen LogP contribution in [0.1, 0.15) is 34.0 Å². The predicted molar refractivity (Wildman–Crippen MR) is 107 cm³/mol. The maximum atomic E-state index is 13.0. The van der Waals surface area contributed by atoms with Crippen molar-refractivity contribution < 1.29 is 20.4 Å². The second kappa shape index (κ2) is 7.05. The van der Waals surface area contributed by atoms with Crippen molar-refractivity contribution in [2.24, 2.45) is 14.1 Å². The van der Waals surface area contributed by atoms with Gasteiger partial charge in [-0.05, 0) is 43.7 Å². The van der Waals surface area contributed by atoms with Crippen LogP contribution in [-0.2, 0) is 14.1 Å². The SMILES string of the molecule is Cc1cc(O)c(C(c2ccc(O)c(O)c2)c2c(O)cc(C)n(C)c2=O)c(=O)n1C. The number of aryl methyl sites for hydroxylation is 2. The van der Waals surface area contributed by atoms with Crippen molar-refractivity contribution in [2.75, 3.05) is 0 Å². The first kappa shape index (κ1) is 20.1. The molecule has 152 valence electrons. The first-order valence-electron chi connectivity index (χ1n) is 8.85. The number of pyridine rings is 2. The van der Waals surface area contributed by atoms with E-state index in [1.54, 1.807) is 13.8 Å². The maximum absolute atomic E-state index is 13.0. The van der Waals surface area contributed by atoms with E-state index in [1.165, 1.54) is 53.6 Å². The molecule has 3 aromatic rings. The van der Waals surface area contributed by atoms with E-state index in [4.69, 9.17) is 0 Å². The third-order valence-corrected chi connectivity index (χ3v) is 5.28. The van der Waals surface area contributed by atoms with Gasteiger partial charge in [0.2, 0.25) is 0 Å². The number of aromatic nitrogens is 2. The Hall–Kier alpha value is -3.68. The van der Waals surface area contributed by atoms with Crippen molar-refractivity contribution in [3.8, 4) is 23.0 Å². The molecule has 0 atom stereocenters. The summed E-state index contributed by atoms with van der Waals surface area (Å²) < 4.78 is 2.63. The van der Waals surface area contributed by atoms with Crippen LogP contribution in [0.25, 0.3) is 0 Å². The van der Waals surface area contributed by atoms with Gasteiger partial charge in [0.1, 0.15) is 11.5 Å². The van der Waals surface area contributed by atoms with E-state index in [1.807, 2.05) is 0 Å². The van der Waals surface area contributed by atoms with Crippen molar-refractivity contribution in [1.29, 1.82) is 0 Å². The molecule has 0 bridgehead atoms. The Labute approximate surface area is 166 Å². The van der Waals surface area contributed by atoms with Gasteiger partial charge in [0, 0.05) is 25.5 Å². The van der Waals surface area contributed by atoms with Gasteiger partial charge < -0.3 is 29.6 Å². The van der Waals surface area contributed by atoms with Gasteiger partial charge in [-0.3, -0.25) is 9.59 Å². The largest absolute Gasteiger partial charge is 0.507 e. The van der Waals surface area contributed by atoms with Gasteiger partial charge in [-0.1, -0.05) is 6.07 Å². The average molecular weight is 398 g/mol. The zero-order chi connectivity index (χ0) is 21.6. The van der Waals surface area contributed by atoms with Crippen LogP contribution in [0, 0.1) is 13.8 Å². The summed E-state index contributed by atoms with van der Waals surface area (Å²) in [6, 6.07) is 6.59. The number of nitrogens with zero attached hydrogens (tertiary/aromatic N) is 2. The molecule has 3 rings (SSSR count). The average Bonchev–Trinajstić information content (AvgIpc) is 2.65. The molecule has 0 amide bonds. The number of phenolic OH excluding ortho intramolecular Hbond substituents is 2. The molecule has 0 saturated carbocycles. The minimum atomic E-state index is -1.18. The highest BCUT2D eigenvalue weighted by molar-refractivity contribution is 5.54. The Kier molecular flexibility index (Phi) is 4.88. The van der Waals surface area contributed by atoms with E-state index >= 15 is 0 Å². The van der Waals surface area contributed by atoms with Crippen LogP contribution >= 0.6 is 0 Å². The summed E-state index contributed by atoms with van der Waals surface area (Å²) in [5.74, 6) is -2.70. The summed E-state index contributed by atoms with van der Waals surface area (Å²) in [5.41, 5.74) is -0.106. The Morgan fingerprint density at radius 3 is 1.55 bits per heavy atom. The van der Waals surface area contributed by atoms with Crippen LogP contribution < -0.4 is 11.1 Å². The predicted octanol–water partition coefficient (Wildman–Crippen LogP) is 1.70. The monoisotopic (exact) mass is 398 g/mol. The van der Waals surface area contributed by atoms with Gasteiger partial charge in [-0.15, -0.1) is 0 Å². The first-order chi connectivity index (χ1) is 13.5. The molecule has 2 aromatic heterocycles. The zero-order valence-electron chi connectivity index (χ0n) is 16.5. The summed E-state index contributed by atoms with van der Waals surface area (Å²) in [4.78, 5) is 26.1. The molecule has 0 spiro atoms. The first-order valence-corrected chi connectivity index (χ1v) is 8.85. The zero-order valence-corrected chi connectivity index (χ0v) is 16.5. The molecule has 0 aliphatic heterocycles. The molecule has 8 nitrogen and oxygen atoms in total. The lowest BCUT2D eigenvalue weighted by molar-refractivity contribution is 0.402. The second-order valence-corrected chi connectivity index (χ2v) is 7.08. The molecule has 8 heteroatoms. The molecule has 0 saturated heterocycles. The van der Waals surface area contributed by atoms with Gasteiger partial charge in [-0.25, -0.2) is 0 Å². The molecule has 1 aromatic carbocycles. The molecule has 2 heterocycles. The molecule has 4 N–H and O–H groups in total. The van der Waals surface area contributed by atoms with Crippen molar-refractivity contribution in [3.63, 3.8) is 0 Å². The molecule has 0 fully saturated rings. The summed E-state index contributed by atoms with van der Waals surface area (Å²) in [7, 11) is 3.05. The van der Waals surface area contributed by atoms with Gasteiger partial charge in [-0.2, -0.15) is 0 Å². The lowest BCUT2D eigenvalue weighted by Crippen LogP contribution is -2.30. The molecular formula is C21H22N2O6. The summed E-state index contributed by atoms with van der Waals surface area (Å²) in [6.07, 6.45) is 0. The third kappa shape index (κ3) is 3.22.